The third kappa shape index (κ3) is 4.05. The van der Waals surface area contributed by atoms with Crippen LogP contribution in [0.1, 0.15) is 36.1 Å². The lowest BCUT2D eigenvalue weighted by Gasteiger charge is -2.36. The summed E-state index contributed by atoms with van der Waals surface area (Å²) in [6.45, 7) is 4.16. The molecule has 0 fully saturated rings. The third-order valence-corrected chi connectivity index (χ3v) is 4.70. The van der Waals surface area contributed by atoms with E-state index in [1.54, 1.807) is 24.5 Å². The van der Waals surface area contributed by atoms with E-state index in [-0.39, 0.29) is 11.6 Å². The molecule has 0 spiro atoms. The van der Waals surface area contributed by atoms with Crippen LogP contribution in [-0.4, -0.2) is 22.6 Å². The van der Waals surface area contributed by atoms with Gasteiger partial charge in [-0.2, -0.15) is 18.4 Å². The van der Waals surface area contributed by atoms with E-state index in [4.69, 9.17) is 5.26 Å². The Bertz CT molecular complexity index is 876. The van der Waals surface area contributed by atoms with E-state index in [9.17, 15) is 13.2 Å². The second kappa shape index (κ2) is 7.70. The summed E-state index contributed by atoms with van der Waals surface area (Å²) >= 11 is 0. The Balaban J connectivity index is 1.93. The normalized spacial score (nSPS) is 17.1. The van der Waals surface area contributed by atoms with Crippen molar-refractivity contribution in [1.29, 1.82) is 5.26 Å². The van der Waals surface area contributed by atoms with Crippen molar-refractivity contribution in [2.45, 2.75) is 31.5 Å². The number of alkyl halides is 3. The van der Waals surface area contributed by atoms with Crippen molar-refractivity contribution in [3.63, 3.8) is 0 Å². The Morgan fingerprint density at radius 3 is 2.85 bits per heavy atom. The van der Waals surface area contributed by atoms with E-state index in [2.05, 4.69) is 22.6 Å². The van der Waals surface area contributed by atoms with Crippen molar-refractivity contribution in [3.8, 4) is 6.07 Å². The van der Waals surface area contributed by atoms with Crippen molar-refractivity contribution in [2.75, 3.05) is 11.4 Å². The van der Waals surface area contributed by atoms with E-state index >= 15 is 0 Å². The summed E-state index contributed by atoms with van der Waals surface area (Å²) in [5, 5.41) is 9.01. The molecule has 1 aliphatic rings. The van der Waals surface area contributed by atoms with E-state index < -0.39 is 11.7 Å². The average Bonchev–Trinajstić information content (AvgIpc) is 3.20. The molecule has 4 nitrogen and oxygen atoms in total. The molecule has 0 amide bonds. The second-order valence-corrected chi connectivity index (χ2v) is 6.40. The predicted molar refractivity (Wildman–Crippen MR) is 97.9 cm³/mol. The number of allylic oxidation sites excluding steroid dienone is 1. The maximum absolute atomic E-state index is 13.3. The molecule has 2 aromatic rings. The van der Waals surface area contributed by atoms with Crippen LogP contribution in [0.3, 0.4) is 0 Å². The van der Waals surface area contributed by atoms with Gasteiger partial charge in [-0.3, -0.25) is 0 Å². The van der Waals surface area contributed by atoms with Gasteiger partial charge in [-0.05, 0) is 43.0 Å². The van der Waals surface area contributed by atoms with Gasteiger partial charge in [0.05, 0.1) is 29.2 Å². The average molecular weight is 372 g/mol. The highest BCUT2D eigenvalue weighted by molar-refractivity contribution is 5.65. The first kappa shape index (κ1) is 18.8. The molecule has 0 radical (unpaired) electrons. The number of imidazole rings is 1. The zero-order chi connectivity index (χ0) is 19.4. The van der Waals surface area contributed by atoms with Gasteiger partial charge in [0.25, 0.3) is 0 Å². The van der Waals surface area contributed by atoms with Gasteiger partial charge in [-0.15, -0.1) is 6.58 Å². The number of nitriles is 1. The minimum Gasteiger partial charge on any atom is -0.364 e. The van der Waals surface area contributed by atoms with Gasteiger partial charge in [0.1, 0.15) is 0 Å². The monoisotopic (exact) mass is 372 g/mol. The number of hydrogen-bond donors (Lipinski definition) is 1. The summed E-state index contributed by atoms with van der Waals surface area (Å²) < 4.78 is 40.0. The highest BCUT2D eigenvalue weighted by atomic mass is 19.4. The van der Waals surface area contributed by atoms with Gasteiger partial charge in [0.15, 0.2) is 0 Å². The fourth-order valence-electron chi connectivity index (χ4n) is 3.45. The number of rotatable bonds is 5. The third-order valence-electron chi connectivity index (χ3n) is 4.70. The molecule has 3 rings (SSSR count). The molecule has 1 aromatic carbocycles. The highest BCUT2D eigenvalue weighted by Crippen LogP contribution is 2.37. The summed E-state index contributed by atoms with van der Waals surface area (Å²) in [7, 11) is 0. The van der Waals surface area contributed by atoms with Crippen molar-refractivity contribution in [2.24, 2.45) is 0 Å². The highest BCUT2D eigenvalue weighted by Gasteiger charge is 2.35. The first-order valence-corrected chi connectivity index (χ1v) is 8.61. The molecular weight excluding hydrogens is 353 g/mol. The number of hydrogen-bond acceptors (Lipinski definition) is 3. The van der Waals surface area contributed by atoms with Gasteiger partial charge >= 0.3 is 6.18 Å². The summed E-state index contributed by atoms with van der Waals surface area (Å²) in [4.78, 5) is 9.12. The zero-order valence-corrected chi connectivity index (χ0v) is 14.6. The molecule has 0 bridgehead atoms. The molecule has 1 N–H and O–H groups in total. The number of aromatic amines is 1. The first-order valence-electron chi connectivity index (χ1n) is 8.61. The topological polar surface area (TPSA) is 55.7 Å². The van der Waals surface area contributed by atoms with Gasteiger partial charge in [0, 0.05) is 24.5 Å². The Morgan fingerprint density at radius 1 is 1.41 bits per heavy atom. The fraction of sp³-hybridized carbons (Fsp3) is 0.300. The molecule has 7 heteroatoms. The molecular formula is C20H19F3N4. The number of nitrogens with zero attached hydrogens (tertiary/aromatic N) is 3. The summed E-state index contributed by atoms with van der Waals surface area (Å²) in [5.41, 5.74) is 1.09. The molecule has 1 unspecified atom stereocenters. The van der Waals surface area contributed by atoms with Crippen LogP contribution in [0, 0.1) is 11.3 Å². The second-order valence-electron chi connectivity index (χ2n) is 6.40. The van der Waals surface area contributed by atoms with Crippen molar-refractivity contribution < 1.29 is 13.2 Å². The number of nitrogens with one attached hydrogen (secondary N) is 1. The molecule has 1 heterocycles. The minimum atomic E-state index is -4.58. The lowest BCUT2D eigenvalue weighted by atomic mass is 9.91. The number of anilines is 1. The van der Waals surface area contributed by atoms with Gasteiger partial charge in [0.2, 0.25) is 0 Å². The van der Waals surface area contributed by atoms with Gasteiger partial charge in [-0.25, -0.2) is 4.98 Å². The Kier molecular flexibility index (Phi) is 5.36. The van der Waals surface area contributed by atoms with Gasteiger partial charge < -0.3 is 9.88 Å². The molecule has 1 aliphatic carbocycles. The smallest absolute Gasteiger partial charge is 0.364 e. The SMILES string of the molecule is C=CCN(c1ccc(C#N)c(C(F)(F)F)c1)C1CCC=C(c2c[nH]cn2)C1. The summed E-state index contributed by atoms with van der Waals surface area (Å²) in [5.74, 6) is 0. The van der Waals surface area contributed by atoms with Crippen LogP contribution in [-0.2, 0) is 6.18 Å². The molecule has 27 heavy (non-hydrogen) atoms. The molecule has 0 aliphatic heterocycles. The van der Waals surface area contributed by atoms with E-state index in [0.717, 1.165) is 30.2 Å². The van der Waals surface area contributed by atoms with Crippen LogP contribution >= 0.6 is 0 Å². The number of halogens is 3. The Hall–Kier alpha value is -3.01. The Morgan fingerprint density at radius 2 is 2.22 bits per heavy atom. The summed E-state index contributed by atoms with van der Waals surface area (Å²) in [6, 6.07) is 5.52. The maximum Gasteiger partial charge on any atom is 0.417 e. The Labute approximate surface area is 155 Å². The first-order chi connectivity index (χ1) is 12.9. The number of aromatic nitrogens is 2. The molecule has 0 saturated heterocycles. The van der Waals surface area contributed by atoms with Crippen LogP contribution < -0.4 is 4.90 Å². The standard InChI is InChI=1S/C20H19F3N4/c1-2-8-27(16-5-3-4-14(9-16)19-12-25-13-26-19)17-7-6-15(11-24)18(10-17)20(21,22)23/h2,4,6-7,10,12-13,16H,1,3,5,8-9H2,(H,25,26). The number of H-pyrrole nitrogens is 1. The number of benzene rings is 1. The lowest BCUT2D eigenvalue weighted by molar-refractivity contribution is -0.137. The van der Waals surface area contributed by atoms with Crippen LogP contribution in [0.5, 0.6) is 0 Å². The lowest BCUT2D eigenvalue weighted by Crippen LogP contribution is -2.37. The van der Waals surface area contributed by atoms with Crippen molar-refractivity contribution in [3.05, 3.63) is 66.3 Å². The minimum absolute atomic E-state index is 0.0220. The van der Waals surface area contributed by atoms with Gasteiger partial charge in [-0.1, -0.05) is 12.2 Å². The van der Waals surface area contributed by atoms with E-state index in [1.807, 2.05) is 11.1 Å². The van der Waals surface area contributed by atoms with Crippen LogP contribution in [0.4, 0.5) is 18.9 Å². The molecule has 0 saturated carbocycles. The molecule has 1 atom stereocenters. The largest absolute Gasteiger partial charge is 0.417 e. The molecule has 1 aromatic heterocycles. The fourth-order valence-corrected chi connectivity index (χ4v) is 3.45. The zero-order valence-electron chi connectivity index (χ0n) is 14.6. The van der Waals surface area contributed by atoms with Crippen molar-refractivity contribution in [1.82, 2.24) is 9.97 Å². The quantitative estimate of drug-likeness (QED) is 0.757. The van der Waals surface area contributed by atoms with Crippen molar-refractivity contribution >= 4 is 11.3 Å². The van der Waals surface area contributed by atoms with Crippen LogP contribution in [0.25, 0.3) is 5.57 Å². The van der Waals surface area contributed by atoms with Crippen LogP contribution in [0.2, 0.25) is 0 Å². The van der Waals surface area contributed by atoms with E-state index in [0.29, 0.717) is 18.7 Å². The predicted octanol–water partition coefficient (Wildman–Crippen LogP) is 4.93. The van der Waals surface area contributed by atoms with E-state index in [1.165, 1.54) is 6.07 Å². The molecule has 140 valence electrons. The van der Waals surface area contributed by atoms with Crippen LogP contribution in [0.15, 0.2) is 49.5 Å². The maximum atomic E-state index is 13.3. The summed E-state index contributed by atoms with van der Waals surface area (Å²) in [6.07, 6.45) is 4.98.